The Labute approximate surface area is 126 Å². The maximum atomic E-state index is 13.3. The largest absolute Gasteiger partial charge is 0.382 e. The lowest BCUT2D eigenvalue weighted by Gasteiger charge is -2.15. The van der Waals surface area contributed by atoms with Crippen molar-refractivity contribution >= 4 is 11.6 Å². The molecule has 0 spiro atoms. The van der Waals surface area contributed by atoms with Crippen LogP contribution in [0.4, 0.5) is 4.39 Å². The van der Waals surface area contributed by atoms with E-state index >= 15 is 0 Å². The van der Waals surface area contributed by atoms with E-state index in [0.717, 1.165) is 19.3 Å². The molecule has 6 heteroatoms. The number of benzene rings is 1. The third-order valence-electron chi connectivity index (χ3n) is 3.63. The molecule has 0 fully saturated rings. The van der Waals surface area contributed by atoms with Gasteiger partial charge in [0, 0.05) is 10.6 Å². The van der Waals surface area contributed by atoms with Gasteiger partial charge in [-0.1, -0.05) is 29.0 Å². The topological polar surface area (TPSA) is 50.9 Å². The molecule has 1 aromatic carbocycles. The average molecular weight is 308 g/mol. The van der Waals surface area contributed by atoms with Gasteiger partial charge in [-0.25, -0.2) is 9.07 Å². The van der Waals surface area contributed by atoms with Crippen molar-refractivity contribution in [3.63, 3.8) is 0 Å². The summed E-state index contributed by atoms with van der Waals surface area (Å²) in [6.45, 7) is 0. The van der Waals surface area contributed by atoms with E-state index < -0.39 is 11.9 Å². The smallest absolute Gasteiger partial charge is 0.126 e. The number of aliphatic hydroxyl groups excluding tert-OH is 1. The van der Waals surface area contributed by atoms with Gasteiger partial charge in [0.15, 0.2) is 0 Å². The van der Waals surface area contributed by atoms with Crippen LogP contribution in [0.15, 0.2) is 36.5 Å². The zero-order valence-electron chi connectivity index (χ0n) is 11.3. The first-order valence-corrected chi connectivity index (χ1v) is 7.24. The van der Waals surface area contributed by atoms with E-state index in [1.165, 1.54) is 18.2 Å². The van der Waals surface area contributed by atoms with E-state index in [0.29, 0.717) is 16.3 Å². The fraction of sp³-hybridized carbons (Fsp3) is 0.333. The Kier molecular flexibility index (Phi) is 4.03. The van der Waals surface area contributed by atoms with Gasteiger partial charge in [-0.05, 0) is 37.5 Å². The first-order chi connectivity index (χ1) is 10.1. The molecule has 0 bridgehead atoms. The summed E-state index contributed by atoms with van der Waals surface area (Å²) in [5, 5.41) is 18.7. The first-order valence-electron chi connectivity index (χ1n) is 6.86. The Bertz CT molecular complexity index is 671. The molecular weight excluding hydrogens is 293 g/mol. The van der Waals surface area contributed by atoms with Crippen LogP contribution < -0.4 is 0 Å². The number of hydrogen-bond acceptors (Lipinski definition) is 3. The molecule has 1 aliphatic carbocycles. The standard InChI is InChI=1S/C15H15ClFN3O/c16-13-7-6-10(17)8-12(13)15(21)14-9-20(19-18-14)11-4-2-1-3-5-11/h2,4,6-9,11,15,21H,1,3,5H2. The molecule has 1 heterocycles. The predicted molar refractivity (Wildman–Crippen MR) is 77.5 cm³/mol. The maximum Gasteiger partial charge on any atom is 0.126 e. The predicted octanol–water partition coefficient (Wildman–Crippen LogP) is 3.43. The summed E-state index contributed by atoms with van der Waals surface area (Å²) in [5.74, 6) is -0.448. The van der Waals surface area contributed by atoms with Gasteiger partial charge in [0.05, 0.1) is 12.2 Å². The second-order valence-electron chi connectivity index (χ2n) is 5.12. The molecule has 1 N–H and O–H groups in total. The Hall–Kier alpha value is -1.72. The van der Waals surface area contributed by atoms with Gasteiger partial charge in [0.25, 0.3) is 0 Å². The Balaban J connectivity index is 1.86. The SMILES string of the molecule is OC(c1cn(C2C=CCCC2)nn1)c1cc(F)ccc1Cl. The minimum atomic E-state index is -1.09. The van der Waals surface area contributed by atoms with Gasteiger partial charge in [-0.3, -0.25) is 0 Å². The Morgan fingerprint density at radius 2 is 2.29 bits per heavy atom. The van der Waals surface area contributed by atoms with Crippen LogP contribution in [0, 0.1) is 5.82 Å². The summed E-state index contributed by atoms with van der Waals surface area (Å²) < 4.78 is 15.0. The molecule has 0 amide bonds. The van der Waals surface area contributed by atoms with Gasteiger partial charge in [-0.15, -0.1) is 5.10 Å². The van der Waals surface area contributed by atoms with E-state index in [2.05, 4.69) is 22.5 Å². The summed E-state index contributed by atoms with van der Waals surface area (Å²) in [5.41, 5.74) is 0.657. The third-order valence-corrected chi connectivity index (χ3v) is 3.97. The molecule has 4 nitrogen and oxygen atoms in total. The second-order valence-corrected chi connectivity index (χ2v) is 5.53. The highest BCUT2D eigenvalue weighted by atomic mass is 35.5. The highest BCUT2D eigenvalue weighted by Gasteiger charge is 2.20. The van der Waals surface area contributed by atoms with Gasteiger partial charge < -0.3 is 5.11 Å². The minimum Gasteiger partial charge on any atom is -0.382 e. The normalized spacial score (nSPS) is 19.7. The molecule has 3 rings (SSSR count). The summed E-state index contributed by atoms with van der Waals surface area (Å²) in [7, 11) is 0. The average Bonchev–Trinajstić information content (AvgIpc) is 3.00. The van der Waals surface area contributed by atoms with Crippen LogP contribution in [0.5, 0.6) is 0 Å². The molecule has 0 radical (unpaired) electrons. The molecule has 0 saturated heterocycles. The maximum absolute atomic E-state index is 13.3. The summed E-state index contributed by atoms with van der Waals surface area (Å²) in [6, 6.07) is 4.05. The fourth-order valence-corrected chi connectivity index (χ4v) is 2.70. The Morgan fingerprint density at radius 3 is 3.05 bits per heavy atom. The van der Waals surface area contributed by atoms with Gasteiger partial charge in [0.2, 0.25) is 0 Å². The molecule has 2 unspecified atom stereocenters. The zero-order valence-corrected chi connectivity index (χ0v) is 12.0. The van der Waals surface area contributed by atoms with E-state index in [9.17, 15) is 9.50 Å². The van der Waals surface area contributed by atoms with E-state index in [1.54, 1.807) is 10.9 Å². The molecule has 110 valence electrons. The fourth-order valence-electron chi connectivity index (χ4n) is 2.48. The van der Waals surface area contributed by atoms with Crippen molar-refractivity contribution in [2.45, 2.75) is 31.4 Å². The van der Waals surface area contributed by atoms with Crippen molar-refractivity contribution in [3.8, 4) is 0 Å². The number of hydrogen-bond donors (Lipinski definition) is 1. The van der Waals surface area contributed by atoms with Gasteiger partial charge in [0.1, 0.15) is 17.6 Å². The first kappa shape index (κ1) is 14.2. The molecule has 0 saturated carbocycles. The molecule has 2 atom stereocenters. The molecule has 2 aromatic rings. The zero-order chi connectivity index (χ0) is 14.8. The van der Waals surface area contributed by atoms with Crippen LogP contribution in [-0.2, 0) is 0 Å². The summed E-state index contributed by atoms with van der Waals surface area (Å²) in [4.78, 5) is 0. The molecule has 0 aliphatic heterocycles. The lowest BCUT2D eigenvalue weighted by molar-refractivity contribution is 0.214. The number of halogens is 2. The lowest BCUT2D eigenvalue weighted by atomic mass is 10.0. The van der Waals surface area contributed by atoms with Crippen molar-refractivity contribution < 1.29 is 9.50 Å². The quantitative estimate of drug-likeness (QED) is 0.884. The number of aromatic nitrogens is 3. The van der Waals surface area contributed by atoms with Crippen LogP contribution >= 0.6 is 11.6 Å². The number of allylic oxidation sites excluding steroid dienone is 2. The summed E-state index contributed by atoms with van der Waals surface area (Å²) in [6.07, 6.45) is 7.99. The van der Waals surface area contributed by atoms with Crippen LogP contribution in [0.2, 0.25) is 5.02 Å². The van der Waals surface area contributed by atoms with Gasteiger partial charge in [-0.2, -0.15) is 0 Å². The Morgan fingerprint density at radius 1 is 1.43 bits per heavy atom. The highest BCUT2D eigenvalue weighted by Crippen LogP contribution is 2.29. The van der Waals surface area contributed by atoms with Crippen LogP contribution in [0.3, 0.4) is 0 Å². The third kappa shape index (κ3) is 2.99. The van der Waals surface area contributed by atoms with Crippen molar-refractivity contribution in [1.29, 1.82) is 0 Å². The van der Waals surface area contributed by atoms with Crippen molar-refractivity contribution in [1.82, 2.24) is 15.0 Å². The molecule has 1 aromatic heterocycles. The second kappa shape index (κ2) is 5.95. The molecule has 1 aliphatic rings. The minimum absolute atomic E-state index is 0.162. The van der Waals surface area contributed by atoms with Crippen molar-refractivity contribution in [2.75, 3.05) is 0 Å². The van der Waals surface area contributed by atoms with E-state index in [1.807, 2.05) is 0 Å². The van der Waals surface area contributed by atoms with Gasteiger partial charge >= 0.3 is 0 Å². The number of nitrogens with zero attached hydrogens (tertiary/aromatic N) is 3. The monoisotopic (exact) mass is 307 g/mol. The lowest BCUT2D eigenvalue weighted by Crippen LogP contribution is -2.09. The van der Waals surface area contributed by atoms with E-state index in [4.69, 9.17) is 11.6 Å². The van der Waals surface area contributed by atoms with Crippen LogP contribution in [-0.4, -0.2) is 20.1 Å². The molecular formula is C15H15ClFN3O. The van der Waals surface area contributed by atoms with E-state index in [-0.39, 0.29) is 6.04 Å². The van der Waals surface area contributed by atoms with Crippen LogP contribution in [0.1, 0.15) is 42.7 Å². The number of rotatable bonds is 3. The van der Waals surface area contributed by atoms with Crippen LogP contribution in [0.25, 0.3) is 0 Å². The highest BCUT2D eigenvalue weighted by molar-refractivity contribution is 6.31. The number of aliphatic hydroxyl groups is 1. The summed E-state index contributed by atoms with van der Waals surface area (Å²) >= 11 is 6.00. The molecule has 21 heavy (non-hydrogen) atoms. The van der Waals surface area contributed by atoms with Crippen molar-refractivity contribution in [3.05, 3.63) is 58.6 Å². The van der Waals surface area contributed by atoms with Crippen molar-refractivity contribution in [2.24, 2.45) is 0 Å².